The zero-order valence-electron chi connectivity index (χ0n) is 24.1. The number of aryl methyl sites for hydroxylation is 1. The van der Waals surface area contributed by atoms with Gasteiger partial charge in [0.1, 0.15) is 37.2 Å². The highest BCUT2D eigenvalue weighted by molar-refractivity contribution is 5.75. The van der Waals surface area contributed by atoms with Gasteiger partial charge in [0.15, 0.2) is 17.4 Å². The number of fused-ring (bicyclic) bond motifs is 1. The molecule has 0 amide bonds. The van der Waals surface area contributed by atoms with Crippen molar-refractivity contribution in [3.63, 3.8) is 0 Å². The van der Waals surface area contributed by atoms with Gasteiger partial charge in [-0.05, 0) is 6.92 Å². The van der Waals surface area contributed by atoms with E-state index in [1.807, 2.05) is 0 Å². The fourth-order valence-electron chi connectivity index (χ4n) is 5.17. The van der Waals surface area contributed by atoms with Crippen LogP contribution >= 0.6 is 0 Å². The Bertz CT molecular complexity index is 1900. The van der Waals surface area contributed by atoms with Gasteiger partial charge >= 0.3 is 17.3 Å². The van der Waals surface area contributed by atoms with Crippen LogP contribution in [0.4, 0.5) is 0 Å². The monoisotopic (exact) mass is 601 g/mol. The Morgan fingerprint density at radius 3 is 2.49 bits per heavy atom. The number of methoxy groups -OCH3 is 2. The van der Waals surface area contributed by atoms with Crippen molar-refractivity contribution in [3.8, 4) is 0 Å². The third-order valence-corrected chi connectivity index (χ3v) is 7.37. The fourth-order valence-corrected chi connectivity index (χ4v) is 5.17. The molecule has 18 nitrogen and oxygen atoms in total. The molecule has 5 rings (SSSR count). The summed E-state index contributed by atoms with van der Waals surface area (Å²) in [5.41, 5.74) is -1.46. The van der Waals surface area contributed by atoms with Crippen molar-refractivity contribution in [3.05, 3.63) is 72.2 Å². The maximum Gasteiger partial charge on any atom is 0.333 e. The van der Waals surface area contributed by atoms with Crippen molar-refractivity contribution < 1.29 is 23.7 Å². The number of aromatic nitrogens is 9. The summed E-state index contributed by atoms with van der Waals surface area (Å²) in [5.74, 6) is -0.659. The number of rotatable bonds is 10. The Hall–Kier alpha value is -4.68. The second-order valence-electron chi connectivity index (χ2n) is 9.90. The van der Waals surface area contributed by atoms with Crippen LogP contribution in [-0.2, 0) is 64.1 Å². The van der Waals surface area contributed by atoms with Crippen molar-refractivity contribution in [2.24, 2.45) is 14.1 Å². The lowest BCUT2D eigenvalue weighted by Crippen LogP contribution is -2.43. The zero-order chi connectivity index (χ0) is 31.0. The maximum absolute atomic E-state index is 12.9. The van der Waals surface area contributed by atoms with Crippen LogP contribution in [0, 0.1) is 0 Å². The molecule has 0 aliphatic carbocycles. The van der Waals surface area contributed by atoms with E-state index in [1.54, 1.807) is 13.1 Å². The molecule has 1 fully saturated rings. The molecular formula is C25H31N9O9. The van der Waals surface area contributed by atoms with Gasteiger partial charge in [0.05, 0.1) is 19.1 Å². The summed E-state index contributed by atoms with van der Waals surface area (Å²) in [4.78, 5) is 66.4. The van der Waals surface area contributed by atoms with E-state index in [0.29, 0.717) is 5.69 Å². The average Bonchev–Trinajstić information content (AvgIpc) is 3.71. The highest BCUT2D eigenvalue weighted by Crippen LogP contribution is 2.33. The molecule has 0 bridgehead atoms. The first-order valence-corrected chi connectivity index (χ1v) is 13.3. The number of esters is 1. The Labute approximate surface area is 242 Å². The van der Waals surface area contributed by atoms with Gasteiger partial charge in [-0.25, -0.2) is 19.3 Å². The van der Waals surface area contributed by atoms with E-state index in [4.69, 9.17) is 18.9 Å². The third-order valence-electron chi connectivity index (χ3n) is 7.37. The van der Waals surface area contributed by atoms with Crippen LogP contribution in [0.2, 0.25) is 0 Å². The molecule has 4 unspecified atom stereocenters. The summed E-state index contributed by atoms with van der Waals surface area (Å²) in [6, 6.07) is 1.29. The molecule has 0 saturated carbocycles. The molecule has 0 N–H and O–H groups in total. The number of nitrogens with zero attached hydrogens (tertiary/aromatic N) is 9. The van der Waals surface area contributed by atoms with Gasteiger partial charge in [-0.3, -0.25) is 32.7 Å². The molecule has 1 aliphatic heterocycles. The fraction of sp³-hybridized carbons (Fsp3) is 0.520. The predicted molar refractivity (Wildman–Crippen MR) is 146 cm³/mol. The van der Waals surface area contributed by atoms with Crippen LogP contribution < -0.4 is 22.5 Å². The molecule has 1 saturated heterocycles. The van der Waals surface area contributed by atoms with Gasteiger partial charge in [-0.15, -0.1) is 5.10 Å². The first kappa shape index (κ1) is 29.8. The minimum Gasteiger partial charge on any atom is -0.458 e. The molecule has 0 radical (unpaired) electrons. The lowest BCUT2D eigenvalue weighted by molar-refractivity contribution is -0.145. The van der Waals surface area contributed by atoms with Gasteiger partial charge < -0.3 is 23.5 Å². The van der Waals surface area contributed by atoms with Crippen LogP contribution in [0.15, 0.2) is 44.0 Å². The topological polar surface area (TPSA) is 191 Å². The number of carbonyl (C=O) groups excluding carboxylic acids is 1. The molecule has 5 heterocycles. The minimum absolute atomic E-state index is 0.0974. The first-order chi connectivity index (χ1) is 20.6. The number of imidazole rings is 1. The summed E-state index contributed by atoms with van der Waals surface area (Å²) in [5, 5.41) is 8.12. The number of carbonyl (C=O) groups is 1. The first-order valence-electron chi connectivity index (χ1n) is 13.3. The number of ether oxygens (including phenoxy) is 4. The normalized spacial score (nSPS) is 20.2. The van der Waals surface area contributed by atoms with Crippen molar-refractivity contribution in [2.75, 3.05) is 14.2 Å². The summed E-state index contributed by atoms with van der Waals surface area (Å²) >= 11 is 0. The highest BCUT2D eigenvalue weighted by Gasteiger charge is 2.47. The average molecular weight is 602 g/mol. The summed E-state index contributed by atoms with van der Waals surface area (Å²) < 4.78 is 30.1. The summed E-state index contributed by atoms with van der Waals surface area (Å²) in [6.07, 6.45) is 1.50. The molecule has 230 valence electrons. The van der Waals surface area contributed by atoms with Crippen LogP contribution in [0.1, 0.15) is 18.8 Å². The molecular weight excluding hydrogens is 570 g/mol. The summed E-state index contributed by atoms with van der Waals surface area (Å²) in [6.45, 7) is 1.56. The number of hydrogen-bond donors (Lipinski definition) is 0. The highest BCUT2D eigenvalue weighted by atomic mass is 16.6. The largest absolute Gasteiger partial charge is 0.458 e. The van der Waals surface area contributed by atoms with Gasteiger partial charge in [0.25, 0.3) is 11.1 Å². The lowest BCUT2D eigenvalue weighted by Gasteiger charge is -2.22. The molecule has 0 aromatic carbocycles. The van der Waals surface area contributed by atoms with Crippen LogP contribution in [0.3, 0.4) is 0 Å². The Balaban J connectivity index is 1.25. The van der Waals surface area contributed by atoms with Crippen LogP contribution in [0.5, 0.6) is 0 Å². The van der Waals surface area contributed by atoms with Gasteiger partial charge in [0, 0.05) is 47.1 Å². The summed E-state index contributed by atoms with van der Waals surface area (Å²) in [7, 11) is 5.80. The van der Waals surface area contributed by atoms with Crippen molar-refractivity contribution in [1.82, 2.24) is 42.8 Å². The molecule has 1 aliphatic rings. The van der Waals surface area contributed by atoms with Gasteiger partial charge in [-0.2, -0.15) is 0 Å². The van der Waals surface area contributed by atoms with Crippen molar-refractivity contribution in [1.29, 1.82) is 0 Å². The van der Waals surface area contributed by atoms with Crippen LogP contribution in [0.25, 0.3) is 11.2 Å². The van der Waals surface area contributed by atoms with E-state index in [0.717, 1.165) is 9.13 Å². The second kappa shape index (κ2) is 11.9. The van der Waals surface area contributed by atoms with Gasteiger partial charge in [-0.1, -0.05) is 5.21 Å². The van der Waals surface area contributed by atoms with E-state index >= 15 is 0 Å². The Kier molecular flexibility index (Phi) is 8.25. The minimum atomic E-state index is -0.867. The maximum atomic E-state index is 12.9. The molecule has 4 aromatic rings. The number of hydrogen-bond acceptors (Lipinski definition) is 12. The molecule has 18 heteroatoms. The van der Waals surface area contributed by atoms with Crippen LogP contribution in [-0.4, -0.2) is 81.3 Å². The predicted octanol–water partition coefficient (Wildman–Crippen LogP) is -2.26. The standard InChI is InChI=1S/C25H31N9O9/c1-6-33-16(35)7-8-34(25(33)39)23-20(41-5)19(40-4)15(43-23)10-32-9-14(27-28-32)12-42-17(36)11-31-13-26-21-18(31)22(37)30(3)24(38)29(21)2/h7-9,13,15,19-20,23H,6,10-12H2,1-5H3. The zero-order valence-corrected chi connectivity index (χ0v) is 24.1. The lowest BCUT2D eigenvalue weighted by atomic mass is 10.1. The molecule has 4 aromatic heterocycles. The third kappa shape index (κ3) is 5.35. The van der Waals surface area contributed by atoms with Crippen molar-refractivity contribution >= 4 is 17.1 Å². The SMILES string of the molecule is CCn1c(=O)ccn(C2OC(Cn3cc(COC(=O)Cn4cnc5c4c(=O)n(C)c(=O)n5C)nn3)C(OC)C2OC)c1=O. The Morgan fingerprint density at radius 1 is 1.05 bits per heavy atom. The van der Waals surface area contributed by atoms with E-state index in [-0.39, 0.29) is 37.4 Å². The molecule has 0 spiro atoms. The van der Waals surface area contributed by atoms with E-state index in [1.165, 1.54) is 65.3 Å². The molecule has 4 atom stereocenters. The van der Waals surface area contributed by atoms with Crippen molar-refractivity contribution in [2.45, 2.75) is 57.7 Å². The molecule has 43 heavy (non-hydrogen) atoms. The Morgan fingerprint density at radius 2 is 1.79 bits per heavy atom. The smallest absolute Gasteiger partial charge is 0.333 e. The van der Waals surface area contributed by atoms with Gasteiger partial charge in [0.2, 0.25) is 0 Å². The van der Waals surface area contributed by atoms with E-state index < -0.39 is 53.0 Å². The quantitative estimate of drug-likeness (QED) is 0.178. The van der Waals surface area contributed by atoms with E-state index in [2.05, 4.69) is 15.3 Å². The second-order valence-corrected chi connectivity index (χ2v) is 9.90. The van der Waals surface area contributed by atoms with E-state index in [9.17, 15) is 24.0 Å².